The Bertz CT molecular complexity index is 4880. The van der Waals surface area contributed by atoms with Gasteiger partial charge in [0.2, 0.25) is 34.4 Å². The first-order chi connectivity index (χ1) is 39.6. The molecule has 43 heteroatoms. The maximum atomic E-state index is 13.1. The van der Waals surface area contributed by atoms with Crippen LogP contribution in [0.1, 0.15) is 12.5 Å². The van der Waals surface area contributed by atoms with Crippen molar-refractivity contribution < 1.29 is 87.0 Å². The molecule has 2 aromatic heterocycles. The minimum Gasteiger partial charge on any atom is -0.451 e. The predicted octanol–water partition coefficient (Wildman–Crippen LogP) is 5.18. The van der Waals surface area contributed by atoms with Gasteiger partial charge in [-0.2, -0.15) is 80.4 Å². The summed E-state index contributed by atoms with van der Waals surface area (Å²) in [5, 5.41) is 14.8. The number of halogens is 3. The van der Waals surface area contributed by atoms with Gasteiger partial charge in [-0.3, -0.25) is 32.3 Å². The van der Waals surface area contributed by atoms with E-state index < -0.39 is 135 Å². The lowest BCUT2D eigenvalue weighted by Crippen LogP contribution is -2.20. The third-order valence-electron chi connectivity index (χ3n) is 11.5. The number of ether oxygens (including phenoxy) is 1. The second kappa shape index (κ2) is 23.0. The summed E-state index contributed by atoms with van der Waals surface area (Å²) >= 11 is 19.1. The first kappa shape index (κ1) is 62.0. The third kappa shape index (κ3) is 13.6. The van der Waals surface area contributed by atoms with Gasteiger partial charge in [0, 0.05) is 25.2 Å². The number of rotatable bonds is 20. The predicted molar refractivity (Wildman–Crippen MR) is 299 cm³/mol. The van der Waals surface area contributed by atoms with Crippen LogP contribution < -0.4 is 42.0 Å². The van der Waals surface area contributed by atoms with Crippen molar-refractivity contribution in [2.24, 2.45) is 4.99 Å². The monoisotopic (exact) mass is 1350 g/mol. The fourth-order valence-electron chi connectivity index (χ4n) is 8.08. The van der Waals surface area contributed by atoms with Gasteiger partial charge in [-0.1, -0.05) is 18.5 Å². The lowest BCUT2D eigenvalue weighted by Gasteiger charge is -2.28. The van der Waals surface area contributed by atoms with Crippen molar-refractivity contribution >= 4 is 159 Å². The SMILES string of the molecule is CCc1c2c(c(Cl)c3oc4c(S(=O)(=O)O)c(=NCCNc5nc(Cl)nc(Nc6ccc(S(=O)(=O)O)cc6S(=O)(=O)O)n5)ccc-4nc13)Nc1ccc(NCCNc3nc(Cl)nc(Nc4ccc(S(=O)(=O)O)cc4S(=O)(=O)O)n3)c(S(=O)(=O)O)c1O2. The van der Waals surface area contributed by atoms with Crippen molar-refractivity contribution in [3.8, 4) is 23.0 Å². The van der Waals surface area contributed by atoms with E-state index in [9.17, 15) is 77.8 Å². The van der Waals surface area contributed by atoms with Gasteiger partial charge in [0.1, 0.15) is 31.7 Å². The molecule has 34 nitrogen and oxygen atoms in total. The molecule has 6 aromatic rings. The summed E-state index contributed by atoms with van der Waals surface area (Å²) in [7, 11) is -30.3. The zero-order valence-electron chi connectivity index (χ0n) is 41.9. The summed E-state index contributed by atoms with van der Waals surface area (Å²) < 4.78 is 219. The van der Waals surface area contributed by atoms with Crippen LogP contribution in [-0.4, -0.2) is 139 Å². The molecule has 0 saturated heterocycles. The highest BCUT2D eigenvalue weighted by molar-refractivity contribution is 7.87. The van der Waals surface area contributed by atoms with Gasteiger partial charge in [-0.15, -0.1) is 0 Å². The molecule has 450 valence electrons. The number of fused-ring (bicyclic) bond motifs is 4. The number of benzene rings is 5. The van der Waals surface area contributed by atoms with Crippen molar-refractivity contribution in [2.45, 2.75) is 42.7 Å². The largest absolute Gasteiger partial charge is 0.451 e. The number of nitrogens with one attached hydrogen (secondary N) is 6. The Balaban J connectivity index is 0.949. The van der Waals surface area contributed by atoms with E-state index in [1.807, 2.05) is 0 Å². The highest BCUT2D eigenvalue weighted by Gasteiger charge is 2.35. The fourth-order valence-corrected chi connectivity index (χ4v) is 12.8. The molecule has 0 unspecified atom stereocenters. The molecule has 0 bridgehead atoms. The second-order valence-electron chi connectivity index (χ2n) is 17.1. The zero-order chi connectivity index (χ0) is 61.9. The molecule has 2 aliphatic heterocycles. The quantitative estimate of drug-likeness (QED) is 0.0266. The molecule has 0 fully saturated rings. The number of anilines is 9. The van der Waals surface area contributed by atoms with E-state index in [2.05, 4.69) is 71.8 Å². The van der Waals surface area contributed by atoms with Gasteiger partial charge in [-0.25, -0.2) is 4.98 Å². The van der Waals surface area contributed by atoms with Gasteiger partial charge in [-0.05, 0) is 90.3 Å². The van der Waals surface area contributed by atoms with Crippen LogP contribution >= 0.6 is 34.8 Å². The van der Waals surface area contributed by atoms with Crippen molar-refractivity contribution in [2.75, 3.05) is 58.1 Å². The first-order valence-corrected chi connectivity index (χ1v) is 32.8. The van der Waals surface area contributed by atoms with E-state index in [1.54, 1.807) is 6.92 Å². The molecule has 9 rings (SSSR count). The highest BCUT2D eigenvalue weighted by Crippen LogP contribution is 2.54. The molecule has 85 heavy (non-hydrogen) atoms. The van der Waals surface area contributed by atoms with Crippen LogP contribution in [0.3, 0.4) is 0 Å². The molecule has 1 aliphatic carbocycles. The summed E-state index contributed by atoms with van der Waals surface area (Å²) in [5.41, 5.74) is -1.28. The maximum absolute atomic E-state index is 13.1. The average molecular weight is 1350 g/mol. The van der Waals surface area contributed by atoms with Gasteiger partial charge in [0.05, 0.1) is 44.4 Å². The normalized spacial score (nSPS) is 13.2. The van der Waals surface area contributed by atoms with Crippen molar-refractivity contribution in [3.05, 3.63) is 87.2 Å². The van der Waals surface area contributed by atoms with Crippen LogP contribution in [-0.2, 0) is 67.1 Å². The molecule has 0 radical (unpaired) electrons. The number of nitrogens with zero attached hydrogens (tertiary/aromatic N) is 8. The van der Waals surface area contributed by atoms with Crippen LogP contribution in [0.4, 0.5) is 52.2 Å². The molecule has 12 N–H and O–H groups in total. The molecule has 0 saturated carbocycles. The Hall–Kier alpha value is -7.55. The zero-order valence-corrected chi connectivity index (χ0v) is 49.0. The topological polar surface area (TPSA) is 523 Å². The van der Waals surface area contributed by atoms with Crippen LogP contribution in [0.25, 0.3) is 22.6 Å². The Kier molecular flexibility index (Phi) is 16.8. The Morgan fingerprint density at radius 1 is 0.541 bits per heavy atom. The van der Waals surface area contributed by atoms with Gasteiger partial charge >= 0.3 is 10.1 Å². The van der Waals surface area contributed by atoms with Crippen molar-refractivity contribution in [3.63, 3.8) is 0 Å². The van der Waals surface area contributed by atoms with Gasteiger partial charge < -0.3 is 41.1 Å². The number of hydrogen-bond acceptors (Lipinski definition) is 28. The third-order valence-corrected chi connectivity index (χ3v) is 17.6. The van der Waals surface area contributed by atoms with Crippen LogP contribution in [0.5, 0.6) is 11.5 Å². The minimum atomic E-state index is -5.19. The molecule has 4 aromatic carbocycles. The molecule has 0 spiro atoms. The average Bonchev–Trinajstić information content (AvgIpc) is 0.822. The summed E-state index contributed by atoms with van der Waals surface area (Å²) in [6, 6.07) is 9.51. The molecule has 0 amide bonds. The van der Waals surface area contributed by atoms with E-state index in [4.69, 9.17) is 44.0 Å². The Morgan fingerprint density at radius 3 is 1.55 bits per heavy atom. The van der Waals surface area contributed by atoms with Crippen molar-refractivity contribution in [1.82, 2.24) is 34.9 Å². The summed E-state index contributed by atoms with van der Waals surface area (Å²) in [5.74, 6) is -2.30. The van der Waals surface area contributed by atoms with Crippen molar-refractivity contribution in [1.29, 1.82) is 0 Å². The summed E-state index contributed by atoms with van der Waals surface area (Å²) in [4.78, 5) is 27.2. The summed E-state index contributed by atoms with van der Waals surface area (Å²) in [6.07, 6.45) is 0.0808. The molecule has 0 atom stereocenters. The smallest absolute Gasteiger partial charge is 0.300 e. The first-order valence-electron chi connectivity index (χ1n) is 23.0. The molecular formula is C42H35Cl3N14O20S6. The van der Waals surface area contributed by atoms with Crippen LogP contribution in [0, 0.1) is 0 Å². The number of hydrogen-bond donors (Lipinski definition) is 12. The summed E-state index contributed by atoms with van der Waals surface area (Å²) in [6.45, 7) is 0.962. The van der Waals surface area contributed by atoms with E-state index in [-0.39, 0.29) is 100 Å². The number of aryl methyl sites for hydroxylation is 1. The van der Waals surface area contributed by atoms with Gasteiger partial charge in [0.15, 0.2) is 32.6 Å². The lowest BCUT2D eigenvalue weighted by molar-refractivity contribution is 0.446. The van der Waals surface area contributed by atoms with E-state index >= 15 is 0 Å². The van der Waals surface area contributed by atoms with Crippen LogP contribution in [0.2, 0.25) is 15.6 Å². The maximum Gasteiger partial charge on any atom is 0.300 e. The molecule has 4 heterocycles. The van der Waals surface area contributed by atoms with E-state index in [1.165, 1.54) is 24.3 Å². The fraction of sp³-hybridized carbons (Fsp3) is 0.143. The molecule has 3 aliphatic rings. The minimum absolute atomic E-state index is 0.00662. The Labute approximate surface area is 493 Å². The van der Waals surface area contributed by atoms with Gasteiger partial charge in [0.25, 0.3) is 50.6 Å². The lowest BCUT2D eigenvalue weighted by atomic mass is 10.0. The van der Waals surface area contributed by atoms with E-state index in [0.29, 0.717) is 12.1 Å². The number of aromatic nitrogens is 7. The standard InChI is InChI=1S/C42H35Cl3N14O20S6/c1-2-19-29-34(79-33-22(50-29)7-9-25(36(33)85(75,76)77)47-12-14-49-40-55-38(45)57-42(59-40)53-21-6-4-18(81(63,64)65)16-27(21)83(69,70)71)28(43)30-31(19)78-32-23(51-30)8-10-24(35(32)84(72,73)74)46-11-13-48-39-54-37(44)56-41(58-39)52-20-5-3-17(80(60,61)62)15-26(20)82(66,67)68/h3-10,15-16,46,51H,2,11-14H2,1H3,(H,60,61,62)(H,63,64,65)(H,66,67,68)(H,69,70,71)(H,72,73,74)(H,75,76,77)(H2,48,52,54,56,58)(H2,49,53,55,57,59). The van der Waals surface area contributed by atoms with Crippen LogP contribution in [0.15, 0.2) is 99.4 Å². The Morgan fingerprint density at radius 2 is 1.05 bits per heavy atom. The second-order valence-corrected chi connectivity index (χ2v) is 26.5. The molecular weight excluding hydrogens is 1320 g/mol. The van der Waals surface area contributed by atoms with E-state index in [0.717, 1.165) is 24.3 Å². The highest BCUT2D eigenvalue weighted by atomic mass is 35.5.